The van der Waals surface area contributed by atoms with E-state index in [4.69, 9.17) is 0 Å². The smallest absolute Gasteiger partial charge is 0.261 e. The van der Waals surface area contributed by atoms with E-state index in [1.165, 1.54) is 39.4 Å². The van der Waals surface area contributed by atoms with Crippen molar-refractivity contribution in [1.29, 1.82) is 0 Å². The molecule has 0 radical (unpaired) electrons. The number of hydrogen-bond donors (Lipinski definition) is 2. The van der Waals surface area contributed by atoms with Gasteiger partial charge in [0, 0.05) is 34.7 Å². The molecule has 0 unspecified atom stereocenters. The van der Waals surface area contributed by atoms with Crippen molar-refractivity contribution in [3.05, 3.63) is 70.4 Å². The zero-order valence-electron chi connectivity index (χ0n) is 16.7. The van der Waals surface area contributed by atoms with Gasteiger partial charge in [0.15, 0.2) is 0 Å². The number of rotatable bonds is 7. The lowest BCUT2D eigenvalue weighted by molar-refractivity contribution is -0.119. The van der Waals surface area contributed by atoms with Gasteiger partial charge in [-0.25, -0.2) is 0 Å². The summed E-state index contributed by atoms with van der Waals surface area (Å²) in [5.41, 5.74) is 2.43. The zero-order valence-corrected chi connectivity index (χ0v) is 18.3. The molecule has 1 aromatic heterocycles. The van der Waals surface area contributed by atoms with Crippen LogP contribution in [0, 0.1) is 0 Å². The number of nitrogens with zero attached hydrogens (tertiary/aromatic N) is 1. The molecule has 0 saturated carbocycles. The Bertz CT molecular complexity index is 1020. The quantitative estimate of drug-likeness (QED) is 0.521. The summed E-state index contributed by atoms with van der Waals surface area (Å²) in [6.07, 6.45) is 0.837. The summed E-state index contributed by atoms with van der Waals surface area (Å²) in [6.45, 7) is 3.37. The minimum absolute atomic E-state index is 0.0657. The van der Waals surface area contributed by atoms with E-state index in [1.54, 1.807) is 11.8 Å². The molecule has 3 aromatic rings. The van der Waals surface area contributed by atoms with E-state index in [1.807, 2.05) is 12.1 Å². The van der Waals surface area contributed by atoms with Gasteiger partial charge in [0.1, 0.15) is 0 Å². The molecular weight excluding hydrogens is 414 g/mol. The van der Waals surface area contributed by atoms with Gasteiger partial charge in [-0.1, -0.05) is 36.0 Å². The second kappa shape index (κ2) is 9.36. The Morgan fingerprint density at radius 3 is 2.23 bits per heavy atom. The van der Waals surface area contributed by atoms with Crippen LogP contribution in [-0.4, -0.2) is 24.9 Å². The van der Waals surface area contributed by atoms with Crippen molar-refractivity contribution in [2.45, 2.75) is 29.7 Å². The highest BCUT2D eigenvalue weighted by molar-refractivity contribution is 7.99. The summed E-state index contributed by atoms with van der Waals surface area (Å²) in [7, 11) is 0. The fourth-order valence-electron chi connectivity index (χ4n) is 3.35. The Morgan fingerprint density at radius 2 is 1.57 bits per heavy atom. The third-order valence-electron chi connectivity index (χ3n) is 4.77. The average Bonchev–Trinajstić information content (AvgIpc) is 3.23. The van der Waals surface area contributed by atoms with Gasteiger partial charge in [0.2, 0.25) is 5.91 Å². The van der Waals surface area contributed by atoms with Crippen LogP contribution in [0.4, 0.5) is 11.4 Å². The summed E-state index contributed by atoms with van der Waals surface area (Å²) in [5.74, 6) is -0.141. The van der Waals surface area contributed by atoms with E-state index < -0.39 is 0 Å². The Hall–Kier alpha value is -2.77. The Kier molecular flexibility index (Phi) is 6.40. The number of benzene rings is 2. The van der Waals surface area contributed by atoms with Crippen molar-refractivity contribution in [3.8, 4) is 0 Å². The summed E-state index contributed by atoms with van der Waals surface area (Å²) in [4.78, 5) is 29.9. The highest BCUT2D eigenvalue weighted by Gasteiger charge is 2.22. The van der Waals surface area contributed by atoms with Crippen molar-refractivity contribution in [2.75, 3.05) is 18.0 Å². The first kappa shape index (κ1) is 20.5. The third-order valence-corrected chi connectivity index (χ3v) is 6.99. The van der Waals surface area contributed by atoms with Gasteiger partial charge in [0.05, 0.1) is 22.8 Å². The maximum absolute atomic E-state index is 12.4. The molecule has 0 saturated heterocycles. The first-order valence-electron chi connectivity index (χ1n) is 9.86. The lowest BCUT2D eigenvalue weighted by Crippen LogP contribution is -2.28. The van der Waals surface area contributed by atoms with Crippen LogP contribution in [-0.2, 0) is 11.3 Å². The van der Waals surface area contributed by atoms with Gasteiger partial charge < -0.3 is 15.5 Å². The van der Waals surface area contributed by atoms with E-state index in [-0.39, 0.29) is 11.8 Å². The van der Waals surface area contributed by atoms with Crippen LogP contribution in [0.15, 0.2) is 70.5 Å². The maximum atomic E-state index is 12.4. The van der Waals surface area contributed by atoms with Crippen LogP contribution in [0.3, 0.4) is 0 Å². The number of carbonyl (C=O) groups excluding carboxylic acids is 2. The number of carbonyl (C=O) groups is 2. The lowest BCUT2D eigenvalue weighted by Gasteiger charge is -2.32. The standard InChI is InChI=1S/C23H23N3O2S2/c1-16(27)25-15-17-11-12-22(29-17)23(28)24-13-6-14-26-18-7-2-4-9-20(18)30-21-10-5-3-8-19(21)26/h2-5,7-12H,6,13-15H2,1H3,(H,24,28)(H,25,27). The summed E-state index contributed by atoms with van der Waals surface area (Å²) in [6, 6.07) is 20.6. The molecule has 30 heavy (non-hydrogen) atoms. The van der Waals surface area contributed by atoms with Crippen molar-refractivity contribution in [1.82, 2.24) is 10.6 Å². The SMILES string of the molecule is CC(=O)NCc1ccc(C(=O)NCCCN2c3ccccc3Sc3ccccc32)s1. The molecule has 154 valence electrons. The molecule has 2 aromatic carbocycles. The molecule has 1 aliphatic rings. The predicted molar refractivity (Wildman–Crippen MR) is 123 cm³/mol. The van der Waals surface area contributed by atoms with Crippen LogP contribution >= 0.6 is 23.1 Å². The highest BCUT2D eigenvalue weighted by atomic mass is 32.2. The van der Waals surface area contributed by atoms with Crippen LogP contribution in [0.1, 0.15) is 27.9 Å². The van der Waals surface area contributed by atoms with Gasteiger partial charge in [-0.05, 0) is 42.8 Å². The Morgan fingerprint density at radius 1 is 0.900 bits per heavy atom. The van der Waals surface area contributed by atoms with Gasteiger partial charge in [0.25, 0.3) is 5.91 Å². The van der Waals surface area contributed by atoms with Crippen molar-refractivity contribution < 1.29 is 9.59 Å². The number of nitrogens with one attached hydrogen (secondary N) is 2. The van der Waals surface area contributed by atoms with Crippen LogP contribution in [0.2, 0.25) is 0 Å². The minimum Gasteiger partial charge on any atom is -0.351 e. The molecule has 2 amide bonds. The zero-order chi connectivity index (χ0) is 20.9. The monoisotopic (exact) mass is 437 g/mol. The summed E-state index contributed by atoms with van der Waals surface area (Å²) in [5, 5.41) is 5.77. The topological polar surface area (TPSA) is 61.4 Å². The number of para-hydroxylation sites is 2. The van der Waals surface area contributed by atoms with Crippen molar-refractivity contribution >= 4 is 46.3 Å². The molecule has 2 heterocycles. The van der Waals surface area contributed by atoms with E-state index in [2.05, 4.69) is 64.1 Å². The number of anilines is 2. The molecule has 2 N–H and O–H groups in total. The summed E-state index contributed by atoms with van der Waals surface area (Å²) >= 11 is 3.21. The number of amides is 2. The minimum atomic E-state index is -0.0753. The second-order valence-corrected chi connectivity index (χ2v) is 9.23. The maximum Gasteiger partial charge on any atom is 0.261 e. The van der Waals surface area contributed by atoms with Gasteiger partial charge in [-0.3, -0.25) is 9.59 Å². The molecule has 0 atom stereocenters. The molecular formula is C23H23N3O2S2. The normalized spacial score (nSPS) is 12.1. The van der Waals surface area contributed by atoms with E-state index in [0.717, 1.165) is 17.8 Å². The third kappa shape index (κ3) is 4.68. The molecule has 0 bridgehead atoms. The number of hydrogen-bond acceptors (Lipinski definition) is 5. The lowest BCUT2D eigenvalue weighted by atomic mass is 10.2. The number of thiophene rings is 1. The largest absolute Gasteiger partial charge is 0.351 e. The fraction of sp³-hybridized carbons (Fsp3) is 0.217. The van der Waals surface area contributed by atoms with E-state index in [9.17, 15) is 9.59 Å². The van der Waals surface area contributed by atoms with Crippen LogP contribution in [0.25, 0.3) is 0 Å². The van der Waals surface area contributed by atoms with Crippen LogP contribution in [0.5, 0.6) is 0 Å². The molecule has 7 heteroatoms. The van der Waals surface area contributed by atoms with Crippen molar-refractivity contribution in [2.24, 2.45) is 0 Å². The fourth-order valence-corrected chi connectivity index (χ4v) is 5.31. The first-order valence-corrected chi connectivity index (χ1v) is 11.5. The van der Waals surface area contributed by atoms with Crippen molar-refractivity contribution in [3.63, 3.8) is 0 Å². The molecule has 0 fully saturated rings. The van der Waals surface area contributed by atoms with Gasteiger partial charge >= 0.3 is 0 Å². The predicted octanol–water partition coefficient (Wildman–Crippen LogP) is 4.81. The van der Waals surface area contributed by atoms with Gasteiger partial charge in [-0.2, -0.15) is 0 Å². The molecule has 1 aliphatic heterocycles. The molecule has 0 aliphatic carbocycles. The van der Waals surface area contributed by atoms with Crippen LogP contribution < -0.4 is 15.5 Å². The Balaban J connectivity index is 1.34. The Labute approximate surface area is 184 Å². The second-order valence-electron chi connectivity index (χ2n) is 6.97. The molecule has 5 nitrogen and oxygen atoms in total. The first-order chi connectivity index (χ1) is 14.6. The average molecular weight is 438 g/mol. The highest BCUT2D eigenvalue weighted by Crippen LogP contribution is 2.47. The summed E-state index contributed by atoms with van der Waals surface area (Å²) < 4.78 is 0. The molecule has 4 rings (SSSR count). The van der Waals surface area contributed by atoms with E-state index >= 15 is 0 Å². The van der Waals surface area contributed by atoms with Gasteiger partial charge in [-0.15, -0.1) is 11.3 Å². The van der Waals surface area contributed by atoms with E-state index in [0.29, 0.717) is 18.0 Å². The number of fused-ring (bicyclic) bond motifs is 2. The molecule has 0 spiro atoms.